The highest BCUT2D eigenvalue weighted by molar-refractivity contribution is 6.06. The van der Waals surface area contributed by atoms with Crippen molar-refractivity contribution in [2.45, 2.75) is 17.8 Å². The average Bonchev–Trinajstić information content (AvgIpc) is 3.00. The van der Waals surface area contributed by atoms with Crippen LogP contribution in [0, 0.1) is 5.41 Å². The molecule has 2 fully saturated rings. The predicted octanol–water partition coefficient (Wildman–Crippen LogP) is 1.26. The number of nitrogens with one attached hydrogen (secondary N) is 1. The number of aliphatic hydroxyl groups is 1. The lowest BCUT2D eigenvalue weighted by Gasteiger charge is -2.48. The van der Waals surface area contributed by atoms with Crippen LogP contribution in [0.1, 0.15) is 17.5 Å². The van der Waals surface area contributed by atoms with Gasteiger partial charge in [0, 0.05) is 6.42 Å². The minimum absolute atomic E-state index is 0.178. The van der Waals surface area contributed by atoms with E-state index in [1.54, 1.807) is 0 Å². The second-order valence-electron chi connectivity index (χ2n) is 6.77. The molecule has 2 aromatic rings. The number of amides is 1. The number of rotatable bonds is 3. The zero-order valence-corrected chi connectivity index (χ0v) is 14.7. The Labute approximate surface area is 155 Å². The predicted molar refractivity (Wildman–Crippen MR) is 92.9 cm³/mol. The van der Waals surface area contributed by atoms with Crippen LogP contribution in [-0.2, 0) is 29.7 Å². The van der Waals surface area contributed by atoms with Crippen LogP contribution < -0.4 is 5.32 Å². The van der Waals surface area contributed by atoms with Gasteiger partial charge in [-0.1, -0.05) is 60.7 Å². The van der Waals surface area contributed by atoms with Crippen LogP contribution in [0.5, 0.6) is 0 Å². The molecule has 27 heavy (non-hydrogen) atoms. The first-order valence-electron chi connectivity index (χ1n) is 8.55. The summed E-state index contributed by atoms with van der Waals surface area (Å²) in [6, 6.07) is 18.3. The van der Waals surface area contributed by atoms with Gasteiger partial charge >= 0.3 is 5.97 Å². The third-order valence-electron chi connectivity index (χ3n) is 5.39. The number of methoxy groups -OCH3 is 1. The quantitative estimate of drug-likeness (QED) is 0.481. The Balaban J connectivity index is 1.94. The van der Waals surface area contributed by atoms with Crippen LogP contribution in [0.2, 0.25) is 0 Å². The molecule has 1 amide bonds. The Morgan fingerprint density at radius 2 is 1.59 bits per heavy atom. The summed E-state index contributed by atoms with van der Waals surface area (Å²) in [5.41, 5.74) is -1.89. The first-order chi connectivity index (χ1) is 13.0. The maximum absolute atomic E-state index is 12.8. The number of hydrogen-bond acceptors (Lipinski definition) is 6. The highest BCUT2D eigenvalue weighted by Gasteiger charge is 2.74. The van der Waals surface area contributed by atoms with E-state index in [4.69, 9.17) is 14.5 Å². The lowest BCUT2D eigenvalue weighted by atomic mass is 9.67. The van der Waals surface area contributed by atoms with Crippen molar-refractivity contribution in [2.75, 3.05) is 13.7 Å². The highest BCUT2D eigenvalue weighted by Crippen LogP contribution is 2.55. The number of β-amino-alcohol motifs (C(OH)–C–C–N with tert-alkyl or cyclic N) is 1. The summed E-state index contributed by atoms with van der Waals surface area (Å²) in [6.45, 7) is -0.277. The van der Waals surface area contributed by atoms with Gasteiger partial charge in [-0.25, -0.2) is 4.89 Å². The van der Waals surface area contributed by atoms with Crippen molar-refractivity contribution in [1.82, 2.24) is 5.32 Å². The second kappa shape index (κ2) is 6.16. The van der Waals surface area contributed by atoms with E-state index in [9.17, 15) is 14.7 Å². The maximum Gasteiger partial charge on any atom is 0.327 e. The molecule has 2 N–H and O–H groups in total. The molecule has 2 heterocycles. The number of fused-ring (bicyclic) bond motifs is 1. The largest absolute Gasteiger partial charge is 0.468 e. The monoisotopic (exact) mass is 369 g/mol. The van der Waals surface area contributed by atoms with E-state index in [1.807, 2.05) is 60.7 Å². The molecule has 0 saturated carbocycles. The number of hydrogen-bond donors (Lipinski definition) is 2. The summed E-state index contributed by atoms with van der Waals surface area (Å²) in [6.07, 6.45) is -0.178. The van der Waals surface area contributed by atoms with Crippen LogP contribution in [-0.4, -0.2) is 36.4 Å². The Bertz CT molecular complexity index is 831. The van der Waals surface area contributed by atoms with E-state index < -0.39 is 28.7 Å². The SMILES string of the molecule is COC(=O)[C@@]12CC(c3ccccc3)(c3ccccc3)OO[C@@]1(O)CNC2=O. The lowest BCUT2D eigenvalue weighted by molar-refractivity contribution is -0.496. The summed E-state index contributed by atoms with van der Waals surface area (Å²) in [7, 11) is 1.17. The van der Waals surface area contributed by atoms with Gasteiger partial charge in [0.1, 0.15) is 0 Å². The molecule has 0 radical (unpaired) electrons. The topological polar surface area (TPSA) is 94.1 Å². The number of ether oxygens (including phenoxy) is 1. The van der Waals surface area contributed by atoms with E-state index in [-0.39, 0.29) is 13.0 Å². The maximum atomic E-state index is 12.8. The molecule has 0 aliphatic carbocycles. The number of carbonyl (C=O) groups is 2. The molecular formula is C20H19NO6. The fourth-order valence-electron chi connectivity index (χ4n) is 3.92. The number of carbonyl (C=O) groups excluding carboxylic acids is 2. The summed E-state index contributed by atoms with van der Waals surface area (Å²) in [4.78, 5) is 36.7. The molecule has 2 aliphatic heterocycles. The molecule has 4 rings (SSSR count). The first kappa shape index (κ1) is 17.7. The zero-order valence-electron chi connectivity index (χ0n) is 14.7. The minimum Gasteiger partial charge on any atom is -0.468 e. The first-order valence-corrected chi connectivity index (χ1v) is 8.55. The van der Waals surface area contributed by atoms with Gasteiger partial charge < -0.3 is 15.2 Å². The van der Waals surface area contributed by atoms with E-state index in [0.29, 0.717) is 11.1 Å². The van der Waals surface area contributed by atoms with Crippen molar-refractivity contribution >= 4 is 11.9 Å². The molecule has 2 saturated heterocycles. The van der Waals surface area contributed by atoms with Crippen LogP contribution in [0.15, 0.2) is 60.7 Å². The van der Waals surface area contributed by atoms with Crippen molar-refractivity contribution in [3.05, 3.63) is 71.8 Å². The highest BCUT2D eigenvalue weighted by atomic mass is 17.2. The van der Waals surface area contributed by atoms with Crippen LogP contribution in [0.4, 0.5) is 0 Å². The molecule has 0 spiro atoms. The molecule has 2 atom stereocenters. The third-order valence-corrected chi connectivity index (χ3v) is 5.39. The average molecular weight is 369 g/mol. The van der Waals surface area contributed by atoms with Crippen molar-refractivity contribution in [3.63, 3.8) is 0 Å². The van der Waals surface area contributed by atoms with Crippen molar-refractivity contribution in [2.24, 2.45) is 5.41 Å². The fraction of sp³-hybridized carbons (Fsp3) is 0.300. The summed E-state index contributed by atoms with van der Waals surface area (Å²) in [5.74, 6) is -3.69. The Kier molecular flexibility index (Phi) is 4.03. The molecular weight excluding hydrogens is 350 g/mol. The molecule has 7 nitrogen and oxygen atoms in total. The van der Waals surface area contributed by atoms with Gasteiger partial charge in [0.2, 0.25) is 17.1 Å². The van der Waals surface area contributed by atoms with Gasteiger partial charge in [0.05, 0.1) is 13.7 Å². The second-order valence-corrected chi connectivity index (χ2v) is 6.77. The van der Waals surface area contributed by atoms with E-state index in [2.05, 4.69) is 5.32 Å². The van der Waals surface area contributed by atoms with Crippen molar-refractivity contribution in [1.29, 1.82) is 0 Å². The van der Waals surface area contributed by atoms with Gasteiger partial charge in [0.25, 0.3) is 0 Å². The third kappa shape index (κ3) is 2.32. The Morgan fingerprint density at radius 3 is 2.11 bits per heavy atom. The molecule has 7 heteroatoms. The van der Waals surface area contributed by atoms with E-state index in [1.165, 1.54) is 7.11 Å². The van der Waals surface area contributed by atoms with Gasteiger partial charge in [0.15, 0.2) is 5.60 Å². The summed E-state index contributed by atoms with van der Waals surface area (Å²) >= 11 is 0. The van der Waals surface area contributed by atoms with Crippen LogP contribution in [0.25, 0.3) is 0 Å². The van der Waals surface area contributed by atoms with Crippen LogP contribution in [0.3, 0.4) is 0 Å². The fourth-order valence-corrected chi connectivity index (χ4v) is 3.92. The number of esters is 1. The van der Waals surface area contributed by atoms with E-state index >= 15 is 0 Å². The van der Waals surface area contributed by atoms with E-state index in [0.717, 1.165) is 0 Å². The minimum atomic E-state index is -2.16. The lowest BCUT2D eigenvalue weighted by Crippen LogP contribution is -2.63. The van der Waals surface area contributed by atoms with Gasteiger partial charge in [-0.3, -0.25) is 9.59 Å². The number of benzene rings is 2. The summed E-state index contributed by atoms with van der Waals surface area (Å²) < 4.78 is 4.90. The van der Waals surface area contributed by atoms with Gasteiger partial charge in [-0.2, -0.15) is 4.89 Å². The molecule has 0 unspecified atom stereocenters. The molecule has 0 aromatic heterocycles. The standard InChI is InChI=1S/C20H19NO6/c1-25-17(23)18-12-19(14-8-4-2-5-9-14,15-10-6-3-7-11-15)26-27-20(18,24)13-21-16(18)22/h2-11,24H,12-13H2,1H3,(H,21,22)/t18-,20-/m0/s1. The van der Waals surface area contributed by atoms with Crippen molar-refractivity contribution in [3.8, 4) is 0 Å². The molecule has 2 aromatic carbocycles. The zero-order chi connectivity index (χ0) is 19.1. The smallest absolute Gasteiger partial charge is 0.327 e. The molecule has 2 aliphatic rings. The normalized spacial score (nSPS) is 28.9. The van der Waals surface area contributed by atoms with Crippen LogP contribution >= 0.6 is 0 Å². The summed E-state index contributed by atoms with van der Waals surface area (Å²) in [5, 5.41) is 13.4. The molecule has 140 valence electrons. The Hall–Kier alpha value is -2.74. The van der Waals surface area contributed by atoms with Crippen molar-refractivity contribution < 1.29 is 29.2 Å². The van der Waals surface area contributed by atoms with Gasteiger partial charge in [-0.05, 0) is 11.1 Å². The Morgan fingerprint density at radius 1 is 1.04 bits per heavy atom. The van der Waals surface area contributed by atoms with Gasteiger partial charge in [-0.15, -0.1) is 0 Å². The molecule has 0 bridgehead atoms.